The van der Waals surface area contributed by atoms with Gasteiger partial charge < -0.3 is 15.4 Å². The Hall–Kier alpha value is -3.54. The van der Waals surface area contributed by atoms with E-state index in [0.717, 1.165) is 5.56 Å². The molecule has 7 heteroatoms. The smallest absolute Gasteiger partial charge is 0.337 e. The second-order valence-electron chi connectivity index (χ2n) is 7.22. The Morgan fingerprint density at radius 2 is 1.53 bits per heavy atom. The van der Waals surface area contributed by atoms with Crippen molar-refractivity contribution in [2.45, 2.75) is 6.42 Å². The summed E-state index contributed by atoms with van der Waals surface area (Å²) in [4.78, 5) is 24.1. The number of carboxylic acid groups (broad SMARTS) is 1. The highest BCUT2D eigenvalue weighted by Gasteiger charge is 2.25. The van der Waals surface area contributed by atoms with Gasteiger partial charge in [-0.1, -0.05) is 71.7 Å². The van der Waals surface area contributed by atoms with E-state index in [1.165, 1.54) is 0 Å². The summed E-state index contributed by atoms with van der Waals surface area (Å²) in [6.45, 7) is 0. The van der Waals surface area contributed by atoms with E-state index < -0.39 is 11.9 Å². The predicted molar refractivity (Wildman–Crippen MR) is 127 cm³/mol. The first-order valence-corrected chi connectivity index (χ1v) is 10.5. The van der Waals surface area contributed by atoms with Gasteiger partial charge in [-0.15, -0.1) is 0 Å². The monoisotopic (exact) mass is 464 g/mol. The topological polar surface area (TPSA) is 85.3 Å². The van der Waals surface area contributed by atoms with E-state index in [1.807, 2.05) is 30.3 Å². The van der Waals surface area contributed by atoms with E-state index in [1.54, 1.807) is 53.1 Å². The van der Waals surface area contributed by atoms with E-state index >= 15 is 0 Å². The normalized spacial score (nSPS) is 10.8. The lowest BCUT2D eigenvalue weighted by Crippen LogP contribution is -2.16. The van der Waals surface area contributed by atoms with Crippen LogP contribution in [-0.2, 0) is 11.2 Å². The van der Waals surface area contributed by atoms with Crippen LogP contribution in [0.3, 0.4) is 0 Å². The minimum atomic E-state index is -1.09. The zero-order valence-electron chi connectivity index (χ0n) is 16.8. The number of nitrogens with two attached hydrogens (primary N) is 1. The van der Waals surface area contributed by atoms with Crippen LogP contribution < -0.4 is 5.73 Å². The van der Waals surface area contributed by atoms with Crippen molar-refractivity contribution >= 4 is 35.1 Å². The van der Waals surface area contributed by atoms with Crippen molar-refractivity contribution in [1.82, 2.24) is 4.57 Å². The Bertz CT molecular complexity index is 1330. The SMILES string of the molecule is NC(=O)Cc1ccc(Cl)cc1-n1c(-c2ccccc2)cc(C(=O)O)c1-c1cccc(Cl)c1. The fourth-order valence-corrected chi connectivity index (χ4v) is 4.10. The molecular formula is C25H18Cl2N2O3. The van der Waals surface area contributed by atoms with E-state index in [9.17, 15) is 14.7 Å². The molecule has 0 atom stereocenters. The minimum absolute atomic E-state index is 0.0314. The summed E-state index contributed by atoms with van der Waals surface area (Å²) in [6.07, 6.45) is -0.0314. The van der Waals surface area contributed by atoms with E-state index in [-0.39, 0.29) is 12.0 Å². The summed E-state index contributed by atoms with van der Waals surface area (Å²) < 4.78 is 1.80. The number of benzene rings is 3. The van der Waals surface area contributed by atoms with Crippen molar-refractivity contribution in [2.24, 2.45) is 5.73 Å². The van der Waals surface area contributed by atoms with Gasteiger partial charge in [-0.05, 0) is 41.5 Å². The van der Waals surface area contributed by atoms with Crippen LogP contribution >= 0.6 is 23.2 Å². The summed E-state index contributed by atoms with van der Waals surface area (Å²) in [6, 6.07) is 23.1. The Morgan fingerprint density at radius 3 is 2.19 bits per heavy atom. The van der Waals surface area contributed by atoms with Crippen LogP contribution in [0, 0.1) is 0 Å². The van der Waals surface area contributed by atoms with Crippen molar-refractivity contribution in [3.05, 3.63) is 100 Å². The van der Waals surface area contributed by atoms with Crippen LogP contribution in [0.15, 0.2) is 78.9 Å². The summed E-state index contributed by atoms with van der Waals surface area (Å²) in [5.41, 5.74) is 9.24. The summed E-state index contributed by atoms with van der Waals surface area (Å²) >= 11 is 12.6. The van der Waals surface area contributed by atoms with Crippen LogP contribution in [0.5, 0.6) is 0 Å². The molecule has 0 aliphatic heterocycles. The number of hydrogen-bond donors (Lipinski definition) is 2. The van der Waals surface area contributed by atoms with Gasteiger partial charge in [0.15, 0.2) is 0 Å². The average Bonchev–Trinajstić information content (AvgIpc) is 3.16. The number of aromatic nitrogens is 1. The number of carboxylic acids is 1. The summed E-state index contributed by atoms with van der Waals surface area (Å²) in [5, 5.41) is 11.0. The Balaban J connectivity index is 2.15. The molecule has 3 N–H and O–H groups in total. The number of carbonyl (C=O) groups is 2. The van der Waals surface area contributed by atoms with Gasteiger partial charge in [0.2, 0.25) is 5.91 Å². The van der Waals surface area contributed by atoms with Crippen LogP contribution in [0.4, 0.5) is 0 Å². The fraction of sp³-hybridized carbons (Fsp3) is 0.0400. The largest absolute Gasteiger partial charge is 0.478 e. The molecule has 1 heterocycles. The van der Waals surface area contributed by atoms with Crippen molar-refractivity contribution in [1.29, 1.82) is 0 Å². The predicted octanol–water partition coefficient (Wildman–Crippen LogP) is 5.84. The Kier molecular flexibility index (Phi) is 6.04. The first-order chi connectivity index (χ1) is 15.3. The first-order valence-electron chi connectivity index (χ1n) is 9.72. The van der Waals surface area contributed by atoms with E-state index in [0.29, 0.717) is 38.2 Å². The lowest BCUT2D eigenvalue weighted by atomic mass is 10.1. The third-order valence-corrected chi connectivity index (χ3v) is 5.52. The molecule has 4 rings (SSSR count). The molecule has 0 unspecified atom stereocenters. The number of carbonyl (C=O) groups excluding carboxylic acids is 1. The van der Waals surface area contributed by atoms with Gasteiger partial charge in [0.1, 0.15) is 0 Å². The van der Waals surface area contributed by atoms with Gasteiger partial charge >= 0.3 is 5.97 Å². The molecule has 1 aromatic heterocycles. The van der Waals surface area contributed by atoms with Crippen LogP contribution in [-0.4, -0.2) is 21.6 Å². The summed E-state index contributed by atoms with van der Waals surface area (Å²) in [5.74, 6) is -1.60. The molecule has 0 saturated carbocycles. The van der Waals surface area contributed by atoms with Crippen molar-refractivity contribution in [2.75, 3.05) is 0 Å². The molecule has 0 fully saturated rings. The molecule has 0 aliphatic carbocycles. The molecule has 1 amide bonds. The number of halogens is 2. The molecule has 5 nitrogen and oxygen atoms in total. The average molecular weight is 465 g/mol. The molecule has 160 valence electrons. The molecule has 0 bridgehead atoms. The minimum Gasteiger partial charge on any atom is -0.478 e. The van der Waals surface area contributed by atoms with Gasteiger partial charge in [0.25, 0.3) is 0 Å². The van der Waals surface area contributed by atoms with Gasteiger partial charge in [-0.3, -0.25) is 4.79 Å². The highest BCUT2D eigenvalue weighted by atomic mass is 35.5. The molecule has 0 aliphatic rings. The molecule has 0 saturated heterocycles. The molecular weight excluding hydrogens is 447 g/mol. The molecule has 4 aromatic rings. The lowest BCUT2D eigenvalue weighted by molar-refractivity contribution is -0.117. The second kappa shape index (κ2) is 8.91. The molecule has 0 radical (unpaired) electrons. The number of hydrogen-bond acceptors (Lipinski definition) is 2. The van der Waals surface area contributed by atoms with E-state index in [2.05, 4.69) is 0 Å². The maximum absolute atomic E-state index is 12.3. The molecule has 0 spiro atoms. The van der Waals surface area contributed by atoms with Crippen molar-refractivity contribution in [3.8, 4) is 28.2 Å². The van der Waals surface area contributed by atoms with Gasteiger partial charge in [0.05, 0.1) is 29.1 Å². The molecule has 32 heavy (non-hydrogen) atoms. The third-order valence-electron chi connectivity index (χ3n) is 5.05. The van der Waals surface area contributed by atoms with Gasteiger partial charge in [0, 0.05) is 15.6 Å². The zero-order chi connectivity index (χ0) is 22.8. The van der Waals surface area contributed by atoms with Crippen molar-refractivity contribution in [3.63, 3.8) is 0 Å². The lowest BCUT2D eigenvalue weighted by Gasteiger charge is -2.18. The number of rotatable bonds is 6. The fourth-order valence-electron chi connectivity index (χ4n) is 3.75. The van der Waals surface area contributed by atoms with Gasteiger partial charge in [-0.25, -0.2) is 4.79 Å². The third kappa shape index (κ3) is 4.26. The highest BCUT2D eigenvalue weighted by molar-refractivity contribution is 6.31. The Morgan fingerprint density at radius 1 is 0.844 bits per heavy atom. The maximum atomic E-state index is 12.3. The van der Waals surface area contributed by atoms with Gasteiger partial charge in [-0.2, -0.15) is 0 Å². The first kappa shape index (κ1) is 21.7. The summed E-state index contributed by atoms with van der Waals surface area (Å²) in [7, 11) is 0. The van der Waals surface area contributed by atoms with Crippen LogP contribution in [0.2, 0.25) is 10.0 Å². The van der Waals surface area contributed by atoms with Crippen molar-refractivity contribution < 1.29 is 14.7 Å². The number of amides is 1. The standard InChI is InChI=1S/C25H18Cl2N2O3/c26-18-8-4-7-17(11-18)24-20(25(31)32)14-22(15-5-2-1-3-6-15)29(24)21-13-19(27)10-9-16(21)12-23(28)30/h1-11,13-14H,12H2,(H2,28,30)(H,31,32). The maximum Gasteiger partial charge on any atom is 0.337 e. The van der Waals surface area contributed by atoms with Crippen LogP contribution in [0.25, 0.3) is 28.2 Å². The molecule has 3 aromatic carbocycles. The quantitative estimate of drug-likeness (QED) is 0.375. The second-order valence-corrected chi connectivity index (χ2v) is 8.10. The zero-order valence-corrected chi connectivity index (χ0v) is 18.3. The highest BCUT2D eigenvalue weighted by Crippen LogP contribution is 2.38. The number of nitrogens with zero attached hydrogens (tertiary/aromatic N) is 1. The number of primary amides is 1. The van der Waals surface area contributed by atoms with E-state index in [4.69, 9.17) is 28.9 Å². The number of aromatic carboxylic acids is 1. The van der Waals surface area contributed by atoms with Crippen LogP contribution in [0.1, 0.15) is 15.9 Å². The Labute approximate surface area is 194 Å².